The number of amides is 1. The van der Waals surface area contributed by atoms with Crippen molar-refractivity contribution in [3.05, 3.63) is 20.8 Å². The van der Waals surface area contributed by atoms with Gasteiger partial charge in [0.2, 0.25) is 0 Å². The number of hydrogen-bond acceptors (Lipinski definition) is 4. The molecule has 1 rings (SSSR count). The second-order valence-corrected chi connectivity index (χ2v) is 7.92. The van der Waals surface area contributed by atoms with Gasteiger partial charge in [-0.15, -0.1) is 11.3 Å². The molecule has 19 heavy (non-hydrogen) atoms. The van der Waals surface area contributed by atoms with Crippen LogP contribution in [0, 0.1) is 0 Å². The first kappa shape index (κ1) is 16.5. The minimum absolute atomic E-state index is 0.188. The molecule has 0 aliphatic carbocycles. The fourth-order valence-electron chi connectivity index (χ4n) is 1.34. The van der Waals surface area contributed by atoms with Crippen molar-refractivity contribution < 1.29 is 9.53 Å². The molecule has 1 aromatic rings. The lowest BCUT2D eigenvalue weighted by Crippen LogP contribution is -2.40. The average Bonchev–Trinajstić information content (AvgIpc) is 2.67. The van der Waals surface area contributed by atoms with Crippen molar-refractivity contribution in [3.63, 3.8) is 0 Å². The standard InChI is InChI=1S/C13H21BrN2O2S/c1-9(7-16-12(17)18-13(2,3)4)15-8-10-5-6-11(14)19-10/h5-6,9,15H,7-8H2,1-4H3,(H,16,17). The Bertz CT molecular complexity index is 415. The summed E-state index contributed by atoms with van der Waals surface area (Å²) in [4.78, 5) is 12.7. The molecule has 108 valence electrons. The van der Waals surface area contributed by atoms with E-state index in [1.807, 2.05) is 33.8 Å². The van der Waals surface area contributed by atoms with E-state index >= 15 is 0 Å². The summed E-state index contributed by atoms with van der Waals surface area (Å²) in [5.41, 5.74) is -0.454. The molecule has 1 atom stereocenters. The van der Waals surface area contributed by atoms with Crippen molar-refractivity contribution in [2.45, 2.75) is 45.9 Å². The van der Waals surface area contributed by atoms with E-state index < -0.39 is 5.60 Å². The van der Waals surface area contributed by atoms with E-state index in [0.717, 1.165) is 10.3 Å². The van der Waals surface area contributed by atoms with E-state index in [-0.39, 0.29) is 12.1 Å². The lowest BCUT2D eigenvalue weighted by molar-refractivity contribution is 0.0523. The lowest BCUT2D eigenvalue weighted by atomic mass is 10.2. The molecule has 1 heterocycles. The highest BCUT2D eigenvalue weighted by Crippen LogP contribution is 2.21. The fourth-order valence-corrected chi connectivity index (χ4v) is 2.78. The molecule has 0 spiro atoms. The van der Waals surface area contributed by atoms with Crippen molar-refractivity contribution in [3.8, 4) is 0 Å². The van der Waals surface area contributed by atoms with Gasteiger partial charge in [0.15, 0.2) is 0 Å². The molecule has 0 bridgehead atoms. The predicted octanol–water partition coefficient (Wildman–Crippen LogP) is 3.51. The molecule has 0 aromatic carbocycles. The Balaban J connectivity index is 2.21. The van der Waals surface area contributed by atoms with Crippen LogP contribution in [0.4, 0.5) is 4.79 Å². The first-order chi connectivity index (χ1) is 8.76. The summed E-state index contributed by atoms with van der Waals surface area (Å²) in [6, 6.07) is 4.30. The molecule has 0 aliphatic rings. The van der Waals surface area contributed by atoms with Crippen LogP contribution in [0.25, 0.3) is 0 Å². The SMILES string of the molecule is CC(CNC(=O)OC(C)(C)C)NCc1ccc(Br)s1. The van der Waals surface area contributed by atoms with E-state index in [1.165, 1.54) is 4.88 Å². The second kappa shape index (κ2) is 7.26. The molecule has 0 aliphatic heterocycles. The first-order valence-electron chi connectivity index (χ1n) is 6.21. The Hall–Kier alpha value is -0.590. The number of ether oxygens (including phenoxy) is 1. The zero-order valence-corrected chi connectivity index (χ0v) is 14.2. The number of halogens is 1. The van der Waals surface area contributed by atoms with Gasteiger partial charge in [0.1, 0.15) is 5.60 Å². The molecule has 2 N–H and O–H groups in total. The average molecular weight is 349 g/mol. The highest BCUT2D eigenvalue weighted by Gasteiger charge is 2.16. The number of carbonyl (C=O) groups excluding carboxylic acids is 1. The van der Waals surface area contributed by atoms with Crippen LogP contribution in [0.2, 0.25) is 0 Å². The van der Waals surface area contributed by atoms with Crippen LogP contribution < -0.4 is 10.6 Å². The molecule has 0 fully saturated rings. The quantitative estimate of drug-likeness (QED) is 0.855. The monoisotopic (exact) mass is 348 g/mol. The van der Waals surface area contributed by atoms with Crippen LogP contribution in [0.3, 0.4) is 0 Å². The number of thiophene rings is 1. The molecular weight excluding hydrogens is 328 g/mol. The Morgan fingerprint density at radius 2 is 2.16 bits per heavy atom. The molecule has 4 nitrogen and oxygen atoms in total. The third-order valence-corrected chi connectivity index (χ3v) is 3.83. The van der Waals surface area contributed by atoms with Gasteiger partial charge in [-0.3, -0.25) is 0 Å². The Kier molecular flexibility index (Phi) is 6.29. The van der Waals surface area contributed by atoms with Crippen LogP contribution in [0.5, 0.6) is 0 Å². The highest BCUT2D eigenvalue weighted by atomic mass is 79.9. The first-order valence-corrected chi connectivity index (χ1v) is 7.81. The van der Waals surface area contributed by atoms with Gasteiger partial charge >= 0.3 is 6.09 Å². The number of nitrogens with one attached hydrogen (secondary N) is 2. The van der Waals surface area contributed by atoms with Gasteiger partial charge in [-0.1, -0.05) is 0 Å². The van der Waals surface area contributed by atoms with Gasteiger partial charge in [0, 0.05) is 24.0 Å². The summed E-state index contributed by atoms with van der Waals surface area (Å²) in [5, 5.41) is 6.10. The zero-order chi connectivity index (χ0) is 14.5. The van der Waals surface area contributed by atoms with Gasteiger partial charge in [-0.2, -0.15) is 0 Å². The largest absolute Gasteiger partial charge is 0.444 e. The summed E-state index contributed by atoms with van der Waals surface area (Å²) in [5.74, 6) is 0. The van der Waals surface area contributed by atoms with Crippen LogP contribution in [-0.4, -0.2) is 24.3 Å². The minimum atomic E-state index is -0.454. The van der Waals surface area contributed by atoms with E-state index in [2.05, 4.69) is 32.6 Å². The third-order valence-electron chi connectivity index (χ3n) is 2.21. The summed E-state index contributed by atoms with van der Waals surface area (Å²) in [7, 11) is 0. The molecule has 0 saturated carbocycles. The summed E-state index contributed by atoms with van der Waals surface area (Å²) < 4.78 is 6.30. The number of hydrogen-bond donors (Lipinski definition) is 2. The smallest absolute Gasteiger partial charge is 0.407 e. The number of carbonyl (C=O) groups is 1. The van der Waals surface area contributed by atoms with Gasteiger partial charge in [-0.05, 0) is 55.8 Å². The van der Waals surface area contributed by atoms with Crippen molar-refractivity contribution in [1.29, 1.82) is 0 Å². The predicted molar refractivity (Wildman–Crippen MR) is 82.6 cm³/mol. The topological polar surface area (TPSA) is 50.4 Å². The van der Waals surface area contributed by atoms with Crippen LogP contribution >= 0.6 is 27.3 Å². The molecule has 0 saturated heterocycles. The van der Waals surface area contributed by atoms with E-state index in [9.17, 15) is 4.79 Å². The maximum absolute atomic E-state index is 11.5. The number of alkyl carbamates (subject to hydrolysis) is 1. The van der Waals surface area contributed by atoms with Crippen LogP contribution in [0.1, 0.15) is 32.6 Å². The second-order valence-electron chi connectivity index (χ2n) is 5.37. The van der Waals surface area contributed by atoms with E-state index in [0.29, 0.717) is 6.54 Å². The third kappa shape index (κ3) is 7.54. The van der Waals surface area contributed by atoms with Crippen molar-refractivity contribution >= 4 is 33.4 Å². The molecule has 1 aromatic heterocycles. The van der Waals surface area contributed by atoms with Crippen molar-refractivity contribution in [2.24, 2.45) is 0 Å². The molecular formula is C13H21BrN2O2S. The minimum Gasteiger partial charge on any atom is -0.444 e. The van der Waals surface area contributed by atoms with Gasteiger partial charge < -0.3 is 15.4 Å². The van der Waals surface area contributed by atoms with E-state index in [1.54, 1.807) is 11.3 Å². The Morgan fingerprint density at radius 1 is 1.47 bits per heavy atom. The van der Waals surface area contributed by atoms with Crippen molar-refractivity contribution in [2.75, 3.05) is 6.54 Å². The lowest BCUT2D eigenvalue weighted by Gasteiger charge is -2.21. The molecule has 0 radical (unpaired) electrons. The van der Waals surface area contributed by atoms with Gasteiger partial charge in [0.25, 0.3) is 0 Å². The van der Waals surface area contributed by atoms with Crippen molar-refractivity contribution in [1.82, 2.24) is 10.6 Å². The maximum Gasteiger partial charge on any atom is 0.407 e. The zero-order valence-electron chi connectivity index (χ0n) is 11.7. The summed E-state index contributed by atoms with van der Waals surface area (Å²) in [6.07, 6.45) is -0.375. The fraction of sp³-hybridized carbons (Fsp3) is 0.615. The Morgan fingerprint density at radius 3 is 2.68 bits per heavy atom. The van der Waals surface area contributed by atoms with E-state index in [4.69, 9.17) is 4.74 Å². The molecule has 1 amide bonds. The van der Waals surface area contributed by atoms with Gasteiger partial charge in [0.05, 0.1) is 3.79 Å². The molecule has 1 unspecified atom stereocenters. The summed E-state index contributed by atoms with van der Waals surface area (Å²) >= 11 is 5.14. The van der Waals surface area contributed by atoms with Crippen LogP contribution in [-0.2, 0) is 11.3 Å². The molecule has 6 heteroatoms. The number of rotatable bonds is 5. The van der Waals surface area contributed by atoms with Crippen LogP contribution in [0.15, 0.2) is 15.9 Å². The summed E-state index contributed by atoms with van der Waals surface area (Å²) in [6.45, 7) is 8.92. The maximum atomic E-state index is 11.5. The highest BCUT2D eigenvalue weighted by molar-refractivity contribution is 9.11. The van der Waals surface area contributed by atoms with Gasteiger partial charge in [-0.25, -0.2) is 4.79 Å². The normalized spacial score (nSPS) is 13.1. The Labute approximate surface area is 127 Å².